The van der Waals surface area contributed by atoms with Crippen molar-refractivity contribution in [2.45, 2.75) is 0 Å². The van der Waals surface area contributed by atoms with Gasteiger partial charge in [0.15, 0.2) is 0 Å². The fourth-order valence-electron chi connectivity index (χ4n) is 1.52. The summed E-state index contributed by atoms with van der Waals surface area (Å²) in [6, 6.07) is 15.9. The molecule has 0 spiro atoms. The lowest BCUT2D eigenvalue weighted by Gasteiger charge is -2.13. The minimum atomic E-state index is -0.512. The van der Waals surface area contributed by atoms with E-state index in [1.807, 2.05) is 18.2 Å². The average molecular weight is 243 g/mol. The Morgan fingerprint density at radius 2 is 1.67 bits per heavy atom. The van der Waals surface area contributed by atoms with Crippen LogP contribution in [0.3, 0.4) is 0 Å². The maximum Gasteiger partial charge on any atom is 0.280 e. The molecule has 0 aliphatic rings. The minimum absolute atomic E-state index is 0.311. The van der Waals surface area contributed by atoms with Crippen molar-refractivity contribution in [1.29, 1.82) is 0 Å². The Morgan fingerprint density at radius 3 is 2.33 bits per heavy atom. The van der Waals surface area contributed by atoms with Crippen molar-refractivity contribution in [1.82, 2.24) is 5.06 Å². The zero-order valence-corrected chi connectivity index (χ0v) is 9.91. The number of amides is 1. The van der Waals surface area contributed by atoms with Gasteiger partial charge >= 0.3 is 0 Å². The Balaban J connectivity index is 2.31. The van der Waals surface area contributed by atoms with Crippen LogP contribution < -0.4 is 4.74 Å². The molecule has 0 saturated carbocycles. The molecule has 0 radical (unpaired) electrons. The van der Waals surface area contributed by atoms with Crippen LogP contribution in [0.2, 0.25) is 0 Å². The first kappa shape index (κ1) is 12.1. The number of nitrogens with zero attached hydrogens (tertiary/aromatic N) is 1. The number of hydrogen-bond acceptors (Lipinski definition) is 3. The third kappa shape index (κ3) is 2.67. The van der Waals surface area contributed by atoms with E-state index in [9.17, 15) is 10.0 Å². The summed E-state index contributed by atoms with van der Waals surface area (Å²) in [6.07, 6.45) is 0. The predicted octanol–water partition coefficient (Wildman–Crippen LogP) is 2.94. The maximum absolute atomic E-state index is 11.8. The van der Waals surface area contributed by atoms with E-state index >= 15 is 0 Å². The molecule has 92 valence electrons. The van der Waals surface area contributed by atoms with Gasteiger partial charge in [-0.3, -0.25) is 10.0 Å². The minimum Gasteiger partial charge on any atom is -0.457 e. The molecule has 0 unspecified atom stereocenters. The lowest BCUT2D eigenvalue weighted by Crippen LogP contribution is -2.22. The summed E-state index contributed by atoms with van der Waals surface area (Å²) in [5, 5.41) is 9.73. The van der Waals surface area contributed by atoms with Crippen molar-refractivity contribution >= 4 is 5.91 Å². The van der Waals surface area contributed by atoms with E-state index in [0.717, 1.165) is 0 Å². The number of carbonyl (C=O) groups excluding carboxylic acids is 1. The smallest absolute Gasteiger partial charge is 0.280 e. The van der Waals surface area contributed by atoms with Gasteiger partial charge in [0.2, 0.25) is 0 Å². The highest BCUT2D eigenvalue weighted by Gasteiger charge is 2.15. The second-order valence-electron chi connectivity index (χ2n) is 3.74. The van der Waals surface area contributed by atoms with Gasteiger partial charge in [0, 0.05) is 7.05 Å². The van der Waals surface area contributed by atoms with Gasteiger partial charge in [0.25, 0.3) is 5.91 Å². The Hall–Kier alpha value is -2.33. The molecule has 0 fully saturated rings. The number of rotatable bonds is 3. The van der Waals surface area contributed by atoms with Crippen molar-refractivity contribution in [3.8, 4) is 11.5 Å². The van der Waals surface area contributed by atoms with E-state index in [0.29, 0.717) is 22.1 Å². The van der Waals surface area contributed by atoms with Gasteiger partial charge in [-0.15, -0.1) is 0 Å². The van der Waals surface area contributed by atoms with Gasteiger partial charge in [0.1, 0.15) is 11.5 Å². The van der Waals surface area contributed by atoms with Crippen LogP contribution in [0.15, 0.2) is 54.6 Å². The number of benzene rings is 2. The molecule has 0 aliphatic carbocycles. The number of para-hydroxylation sites is 2. The molecule has 1 N–H and O–H groups in total. The van der Waals surface area contributed by atoms with Crippen molar-refractivity contribution in [3.05, 3.63) is 60.2 Å². The topological polar surface area (TPSA) is 49.8 Å². The largest absolute Gasteiger partial charge is 0.457 e. The summed E-state index contributed by atoms with van der Waals surface area (Å²) in [5.74, 6) is 0.537. The Labute approximate surface area is 105 Å². The SMILES string of the molecule is CN(O)C(=O)c1ccccc1Oc1ccccc1. The first-order valence-electron chi connectivity index (χ1n) is 5.47. The predicted molar refractivity (Wildman–Crippen MR) is 66.8 cm³/mol. The van der Waals surface area contributed by atoms with E-state index in [2.05, 4.69) is 0 Å². The second-order valence-corrected chi connectivity index (χ2v) is 3.74. The summed E-state index contributed by atoms with van der Waals surface area (Å²) in [6.45, 7) is 0. The van der Waals surface area contributed by atoms with Crippen molar-refractivity contribution in [2.75, 3.05) is 7.05 Å². The Kier molecular flexibility index (Phi) is 3.60. The molecule has 0 aliphatic heterocycles. The quantitative estimate of drug-likeness (QED) is 0.666. The highest BCUT2D eigenvalue weighted by molar-refractivity contribution is 5.96. The molecule has 0 bridgehead atoms. The van der Waals surface area contributed by atoms with E-state index < -0.39 is 5.91 Å². The lowest BCUT2D eigenvalue weighted by molar-refractivity contribution is -0.0376. The van der Waals surface area contributed by atoms with Crippen molar-refractivity contribution < 1.29 is 14.7 Å². The van der Waals surface area contributed by atoms with E-state index in [-0.39, 0.29) is 0 Å². The molecule has 4 nitrogen and oxygen atoms in total. The van der Waals surface area contributed by atoms with Crippen LogP contribution in [0.4, 0.5) is 0 Å². The molecular formula is C14H13NO3. The summed E-state index contributed by atoms with van der Waals surface area (Å²) in [7, 11) is 1.28. The summed E-state index contributed by atoms with van der Waals surface area (Å²) in [4.78, 5) is 11.8. The van der Waals surface area contributed by atoms with Crippen LogP contribution >= 0.6 is 0 Å². The molecule has 0 atom stereocenters. The Morgan fingerprint density at radius 1 is 1.06 bits per heavy atom. The van der Waals surface area contributed by atoms with E-state index in [1.165, 1.54) is 7.05 Å². The molecule has 2 aromatic rings. The number of carbonyl (C=O) groups is 1. The van der Waals surface area contributed by atoms with Gasteiger partial charge in [-0.05, 0) is 24.3 Å². The maximum atomic E-state index is 11.8. The molecule has 4 heteroatoms. The first-order valence-corrected chi connectivity index (χ1v) is 5.47. The van der Waals surface area contributed by atoms with Gasteiger partial charge in [-0.1, -0.05) is 30.3 Å². The Bertz CT molecular complexity index is 538. The number of hydrogen-bond donors (Lipinski definition) is 1. The fourth-order valence-corrected chi connectivity index (χ4v) is 1.52. The zero-order chi connectivity index (χ0) is 13.0. The van der Waals surface area contributed by atoms with E-state index in [1.54, 1.807) is 36.4 Å². The van der Waals surface area contributed by atoms with Crippen molar-refractivity contribution in [3.63, 3.8) is 0 Å². The molecule has 0 aromatic heterocycles. The van der Waals surface area contributed by atoms with Crippen LogP contribution in [0.5, 0.6) is 11.5 Å². The van der Waals surface area contributed by atoms with Crippen LogP contribution in [-0.2, 0) is 0 Å². The number of hydroxylamine groups is 2. The summed E-state index contributed by atoms with van der Waals surface area (Å²) in [5.41, 5.74) is 0.311. The normalized spacial score (nSPS) is 9.89. The van der Waals surface area contributed by atoms with Crippen LogP contribution in [-0.4, -0.2) is 23.2 Å². The molecule has 2 aromatic carbocycles. The molecule has 2 rings (SSSR count). The first-order chi connectivity index (χ1) is 8.68. The van der Waals surface area contributed by atoms with Gasteiger partial charge < -0.3 is 4.74 Å². The standard InChI is InChI=1S/C14H13NO3/c1-15(17)14(16)12-9-5-6-10-13(12)18-11-7-3-2-4-8-11/h2-10,17H,1H3. The highest BCUT2D eigenvalue weighted by Crippen LogP contribution is 2.25. The monoisotopic (exact) mass is 243 g/mol. The highest BCUT2D eigenvalue weighted by atomic mass is 16.5. The van der Waals surface area contributed by atoms with Crippen LogP contribution in [0, 0.1) is 0 Å². The third-order valence-electron chi connectivity index (χ3n) is 2.38. The van der Waals surface area contributed by atoms with Crippen LogP contribution in [0.25, 0.3) is 0 Å². The van der Waals surface area contributed by atoms with Gasteiger partial charge in [-0.25, -0.2) is 5.06 Å². The summed E-state index contributed by atoms with van der Waals surface area (Å²) < 4.78 is 5.62. The van der Waals surface area contributed by atoms with E-state index in [4.69, 9.17) is 4.74 Å². The molecule has 0 saturated heterocycles. The summed E-state index contributed by atoms with van der Waals surface area (Å²) >= 11 is 0. The average Bonchev–Trinajstić information content (AvgIpc) is 2.39. The van der Waals surface area contributed by atoms with Crippen molar-refractivity contribution in [2.24, 2.45) is 0 Å². The molecule has 18 heavy (non-hydrogen) atoms. The second kappa shape index (κ2) is 5.33. The molecule has 1 amide bonds. The van der Waals surface area contributed by atoms with Crippen LogP contribution in [0.1, 0.15) is 10.4 Å². The van der Waals surface area contributed by atoms with Gasteiger partial charge in [0.05, 0.1) is 5.56 Å². The zero-order valence-electron chi connectivity index (χ0n) is 9.91. The molecule has 0 heterocycles. The van der Waals surface area contributed by atoms with Gasteiger partial charge in [-0.2, -0.15) is 0 Å². The fraction of sp³-hybridized carbons (Fsp3) is 0.0714. The lowest BCUT2D eigenvalue weighted by atomic mass is 10.2. The molecular weight excluding hydrogens is 230 g/mol. The number of ether oxygens (including phenoxy) is 1. The third-order valence-corrected chi connectivity index (χ3v) is 2.38.